The second-order valence-electron chi connectivity index (χ2n) is 12.1. The SMILES string of the molecule is c1ccc(-n2c3ccccc3c3c4oc5ccc(-n6c7ccccc7c7c8oc9ccccc9c8ccc76)cc5c4ccc32)cc1. The molecule has 0 aliphatic rings. The number of fused-ring (bicyclic) bond motifs is 14. The summed E-state index contributed by atoms with van der Waals surface area (Å²) in [5.41, 5.74) is 10.4. The van der Waals surface area contributed by atoms with E-state index in [9.17, 15) is 0 Å². The molecule has 4 nitrogen and oxygen atoms in total. The lowest BCUT2D eigenvalue weighted by atomic mass is 10.1. The molecule has 0 atom stereocenters. The van der Waals surface area contributed by atoms with Crippen molar-refractivity contribution < 1.29 is 8.83 Å². The maximum absolute atomic E-state index is 6.72. The van der Waals surface area contributed by atoms with Crippen molar-refractivity contribution in [3.63, 3.8) is 0 Å². The zero-order chi connectivity index (χ0) is 29.9. The molecule has 11 aromatic rings. The van der Waals surface area contributed by atoms with Crippen molar-refractivity contribution in [2.45, 2.75) is 0 Å². The van der Waals surface area contributed by atoms with Crippen LogP contribution in [0, 0.1) is 0 Å². The molecular formula is C42H24N2O2. The lowest BCUT2D eigenvalue weighted by Gasteiger charge is -2.08. The van der Waals surface area contributed by atoms with Gasteiger partial charge in [-0.25, -0.2) is 0 Å². The molecule has 0 bridgehead atoms. The summed E-state index contributed by atoms with van der Waals surface area (Å²) in [6, 6.07) is 51.5. The van der Waals surface area contributed by atoms with Crippen molar-refractivity contribution in [3.05, 3.63) is 146 Å². The van der Waals surface area contributed by atoms with Gasteiger partial charge in [-0.05, 0) is 72.8 Å². The number of hydrogen-bond acceptors (Lipinski definition) is 2. The highest BCUT2D eigenvalue weighted by Crippen LogP contribution is 2.43. The molecule has 214 valence electrons. The number of benzene rings is 7. The van der Waals surface area contributed by atoms with E-state index in [1.165, 1.54) is 16.3 Å². The van der Waals surface area contributed by atoms with Crippen LogP contribution < -0.4 is 0 Å². The van der Waals surface area contributed by atoms with Gasteiger partial charge in [-0.1, -0.05) is 72.8 Å². The Labute approximate surface area is 261 Å². The molecule has 46 heavy (non-hydrogen) atoms. The molecule has 0 aliphatic carbocycles. The monoisotopic (exact) mass is 588 g/mol. The quantitative estimate of drug-likeness (QED) is 0.201. The fourth-order valence-corrected chi connectivity index (χ4v) is 7.78. The van der Waals surface area contributed by atoms with Gasteiger partial charge in [0.1, 0.15) is 22.3 Å². The van der Waals surface area contributed by atoms with Crippen molar-refractivity contribution in [3.8, 4) is 11.4 Å². The van der Waals surface area contributed by atoms with E-state index in [1.807, 2.05) is 12.1 Å². The van der Waals surface area contributed by atoms with Gasteiger partial charge < -0.3 is 18.0 Å². The third-order valence-corrected chi connectivity index (χ3v) is 9.71. The largest absolute Gasteiger partial charge is 0.455 e. The van der Waals surface area contributed by atoms with E-state index in [2.05, 4.69) is 143 Å². The average molecular weight is 589 g/mol. The van der Waals surface area contributed by atoms with E-state index in [1.54, 1.807) is 0 Å². The zero-order valence-corrected chi connectivity index (χ0v) is 24.6. The minimum atomic E-state index is 0.878. The smallest absolute Gasteiger partial charge is 0.145 e. The average Bonchev–Trinajstić information content (AvgIpc) is 3.85. The Morgan fingerprint density at radius 1 is 0.326 bits per heavy atom. The first-order valence-electron chi connectivity index (χ1n) is 15.6. The van der Waals surface area contributed by atoms with Crippen LogP contribution in [-0.2, 0) is 0 Å². The van der Waals surface area contributed by atoms with Gasteiger partial charge in [-0.3, -0.25) is 0 Å². The number of hydrogen-bond donors (Lipinski definition) is 0. The summed E-state index contributed by atoms with van der Waals surface area (Å²) in [5, 5.41) is 9.12. The maximum atomic E-state index is 6.72. The molecule has 11 rings (SSSR count). The minimum absolute atomic E-state index is 0.878. The lowest BCUT2D eigenvalue weighted by Crippen LogP contribution is -1.93. The number of rotatable bonds is 2. The van der Waals surface area contributed by atoms with Gasteiger partial charge in [0.05, 0.1) is 32.8 Å². The fraction of sp³-hybridized carbons (Fsp3) is 0. The Morgan fingerprint density at radius 2 is 0.848 bits per heavy atom. The van der Waals surface area contributed by atoms with Gasteiger partial charge in [-0.15, -0.1) is 0 Å². The highest BCUT2D eigenvalue weighted by atomic mass is 16.3. The van der Waals surface area contributed by atoms with Crippen LogP contribution in [0.15, 0.2) is 154 Å². The van der Waals surface area contributed by atoms with E-state index in [0.29, 0.717) is 0 Å². The molecule has 7 aromatic carbocycles. The molecule has 0 spiro atoms. The summed E-state index contributed by atoms with van der Waals surface area (Å²) < 4.78 is 17.9. The molecule has 0 N–H and O–H groups in total. The molecule has 0 amide bonds. The molecule has 0 saturated heterocycles. The van der Waals surface area contributed by atoms with Crippen LogP contribution in [0.4, 0.5) is 0 Å². The highest BCUT2D eigenvalue weighted by Gasteiger charge is 2.21. The van der Waals surface area contributed by atoms with E-state index in [-0.39, 0.29) is 0 Å². The molecule has 4 heterocycles. The lowest BCUT2D eigenvalue weighted by molar-refractivity contribution is 0.672. The number of aromatic nitrogens is 2. The predicted molar refractivity (Wildman–Crippen MR) is 190 cm³/mol. The van der Waals surface area contributed by atoms with Gasteiger partial charge in [0.25, 0.3) is 0 Å². The molecule has 4 aromatic heterocycles. The Hall–Kier alpha value is -6.26. The van der Waals surface area contributed by atoms with E-state index in [4.69, 9.17) is 8.83 Å². The van der Waals surface area contributed by atoms with Crippen LogP contribution in [0.2, 0.25) is 0 Å². The van der Waals surface area contributed by atoms with Crippen LogP contribution in [-0.4, -0.2) is 9.13 Å². The van der Waals surface area contributed by atoms with Gasteiger partial charge in [0.15, 0.2) is 0 Å². The van der Waals surface area contributed by atoms with Crippen LogP contribution in [0.5, 0.6) is 0 Å². The fourth-order valence-electron chi connectivity index (χ4n) is 7.78. The summed E-state index contributed by atoms with van der Waals surface area (Å²) in [4.78, 5) is 0. The van der Waals surface area contributed by atoms with Crippen molar-refractivity contribution >= 4 is 87.5 Å². The zero-order valence-electron chi connectivity index (χ0n) is 24.6. The topological polar surface area (TPSA) is 36.1 Å². The summed E-state index contributed by atoms with van der Waals surface area (Å²) >= 11 is 0. The molecule has 0 fully saturated rings. The Kier molecular flexibility index (Phi) is 4.55. The van der Waals surface area contributed by atoms with Crippen molar-refractivity contribution in [1.29, 1.82) is 0 Å². The first-order valence-corrected chi connectivity index (χ1v) is 15.6. The number of para-hydroxylation sites is 4. The van der Waals surface area contributed by atoms with Gasteiger partial charge >= 0.3 is 0 Å². The van der Waals surface area contributed by atoms with E-state index in [0.717, 1.165) is 82.6 Å². The second-order valence-corrected chi connectivity index (χ2v) is 12.1. The molecule has 0 aliphatic heterocycles. The molecule has 4 heteroatoms. The highest BCUT2D eigenvalue weighted by molar-refractivity contribution is 6.25. The van der Waals surface area contributed by atoms with Gasteiger partial charge in [0.2, 0.25) is 0 Å². The van der Waals surface area contributed by atoms with Crippen molar-refractivity contribution in [2.24, 2.45) is 0 Å². The van der Waals surface area contributed by atoms with Crippen LogP contribution in [0.1, 0.15) is 0 Å². The summed E-state index contributed by atoms with van der Waals surface area (Å²) in [7, 11) is 0. The van der Waals surface area contributed by atoms with E-state index >= 15 is 0 Å². The second kappa shape index (κ2) is 8.68. The third kappa shape index (κ3) is 3.03. The summed E-state index contributed by atoms with van der Waals surface area (Å²) in [6.07, 6.45) is 0. The first-order chi connectivity index (χ1) is 22.8. The Balaban J connectivity index is 1.21. The first kappa shape index (κ1) is 24.1. The Morgan fingerprint density at radius 3 is 1.52 bits per heavy atom. The van der Waals surface area contributed by atoms with Crippen LogP contribution in [0.3, 0.4) is 0 Å². The molecular weight excluding hydrogens is 564 g/mol. The number of furan rings is 2. The molecule has 0 saturated carbocycles. The van der Waals surface area contributed by atoms with Crippen LogP contribution >= 0.6 is 0 Å². The maximum Gasteiger partial charge on any atom is 0.145 e. The standard InChI is InChI=1S/C42H24N2O2/c1-2-10-25(11-3-1)43-33-15-7-4-13-30(33)39-35(43)22-20-29-32-24-26(18-23-38(32)46-42(29)39)44-34-16-8-5-14-31(34)40-36(44)21-19-28-27-12-6-9-17-37(27)45-41(28)40/h1-24H. The predicted octanol–water partition coefficient (Wildman–Crippen LogP) is 11.7. The van der Waals surface area contributed by atoms with Crippen molar-refractivity contribution in [2.75, 3.05) is 0 Å². The van der Waals surface area contributed by atoms with Crippen LogP contribution in [0.25, 0.3) is 98.9 Å². The normalized spacial score (nSPS) is 12.3. The Bertz CT molecular complexity index is 3020. The third-order valence-electron chi connectivity index (χ3n) is 9.71. The molecule has 0 unspecified atom stereocenters. The van der Waals surface area contributed by atoms with Gasteiger partial charge in [0, 0.05) is 43.7 Å². The van der Waals surface area contributed by atoms with Gasteiger partial charge in [-0.2, -0.15) is 0 Å². The summed E-state index contributed by atoms with van der Waals surface area (Å²) in [6.45, 7) is 0. The van der Waals surface area contributed by atoms with E-state index < -0.39 is 0 Å². The summed E-state index contributed by atoms with van der Waals surface area (Å²) in [5.74, 6) is 0. The number of nitrogens with zero attached hydrogens (tertiary/aromatic N) is 2. The van der Waals surface area contributed by atoms with Crippen molar-refractivity contribution in [1.82, 2.24) is 9.13 Å². The molecule has 0 radical (unpaired) electrons. The minimum Gasteiger partial charge on any atom is -0.455 e.